The number of benzene rings is 3. The highest BCUT2D eigenvalue weighted by Crippen LogP contribution is 2.35. The number of nitrogens with zero attached hydrogens (tertiary/aromatic N) is 1. The molecule has 6 heteroatoms. The van der Waals surface area contributed by atoms with Crippen LogP contribution in [0.5, 0.6) is 0 Å². The van der Waals surface area contributed by atoms with E-state index >= 15 is 0 Å². The first-order valence-electron chi connectivity index (χ1n) is 7.02. The summed E-state index contributed by atoms with van der Waals surface area (Å²) in [5.41, 5.74) is -0.285. The zero-order chi connectivity index (χ0) is 17.0. The molecule has 3 aromatic carbocycles. The van der Waals surface area contributed by atoms with E-state index < -0.39 is 34.8 Å². The molecular formula is C18H8F5N. The van der Waals surface area contributed by atoms with Crippen LogP contribution in [-0.2, 0) is 0 Å². The van der Waals surface area contributed by atoms with Crippen LogP contribution in [-0.4, -0.2) is 4.57 Å². The molecule has 0 saturated carbocycles. The minimum Gasteiger partial charge on any atom is -0.304 e. The van der Waals surface area contributed by atoms with Crippen LogP contribution in [0, 0.1) is 29.1 Å². The maximum Gasteiger partial charge on any atom is 0.200 e. The number of para-hydroxylation sites is 2. The highest BCUT2D eigenvalue weighted by atomic mass is 19.2. The Bertz CT molecular complexity index is 1030. The van der Waals surface area contributed by atoms with Gasteiger partial charge >= 0.3 is 0 Å². The van der Waals surface area contributed by atoms with Crippen molar-refractivity contribution in [3.8, 4) is 5.69 Å². The molecule has 0 atom stereocenters. The highest BCUT2D eigenvalue weighted by molar-refractivity contribution is 6.09. The van der Waals surface area contributed by atoms with Gasteiger partial charge in [0.1, 0.15) is 5.69 Å². The monoisotopic (exact) mass is 333 g/mol. The molecule has 0 aliphatic carbocycles. The number of aromatic nitrogens is 1. The summed E-state index contributed by atoms with van der Waals surface area (Å²) in [5.74, 6) is -9.83. The molecule has 1 heterocycles. The van der Waals surface area contributed by atoms with Gasteiger partial charge in [0.2, 0.25) is 5.82 Å². The smallest absolute Gasteiger partial charge is 0.200 e. The summed E-state index contributed by atoms with van der Waals surface area (Å²) in [6, 6.07) is 13.3. The summed E-state index contributed by atoms with van der Waals surface area (Å²) in [5, 5.41) is 1.30. The Morgan fingerprint density at radius 1 is 0.500 bits per heavy atom. The van der Waals surface area contributed by atoms with E-state index in [1.807, 2.05) is 0 Å². The number of hydrogen-bond donors (Lipinski definition) is 0. The lowest BCUT2D eigenvalue weighted by Crippen LogP contribution is -2.09. The summed E-state index contributed by atoms with van der Waals surface area (Å²) in [4.78, 5) is 0. The topological polar surface area (TPSA) is 4.93 Å². The van der Waals surface area contributed by atoms with Gasteiger partial charge in [-0.15, -0.1) is 0 Å². The minimum absolute atomic E-state index is 0.349. The van der Waals surface area contributed by atoms with Crippen LogP contribution in [0.15, 0.2) is 48.5 Å². The number of halogens is 5. The van der Waals surface area contributed by atoms with Crippen molar-refractivity contribution in [2.75, 3.05) is 0 Å². The maximum absolute atomic E-state index is 14.3. The molecule has 0 spiro atoms. The van der Waals surface area contributed by atoms with Crippen molar-refractivity contribution in [1.82, 2.24) is 4.57 Å². The SMILES string of the molecule is Fc1c(F)c(F)c(-n2c3ccccc3c3ccccc32)c(F)c1F. The van der Waals surface area contributed by atoms with Crippen LogP contribution in [0.25, 0.3) is 27.5 Å². The van der Waals surface area contributed by atoms with Gasteiger partial charge in [0.25, 0.3) is 0 Å². The average Bonchev–Trinajstić information content (AvgIpc) is 2.94. The number of hydrogen-bond acceptors (Lipinski definition) is 0. The molecule has 120 valence electrons. The van der Waals surface area contributed by atoms with E-state index in [1.54, 1.807) is 48.5 Å². The quantitative estimate of drug-likeness (QED) is 0.247. The van der Waals surface area contributed by atoms with Gasteiger partial charge in [-0.1, -0.05) is 36.4 Å². The molecule has 0 saturated heterocycles. The van der Waals surface area contributed by atoms with Gasteiger partial charge in [-0.2, -0.15) is 0 Å². The summed E-state index contributed by atoms with van der Waals surface area (Å²) in [6.07, 6.45) is 0. The fourth-order valence-corrected chi connectivity index (χ4v) is 2.95. The van der Waals surface area contributed by atoms with Gasteiger partial charge in [-0.25, -0.2) is 22.0 Å². The molecule has 24 heavy (non-hydrogen) atoms. The summed E-state index contributed by atoms with van der Waals surface area (Å²) in [7, 11) is 0. The van der Waals surface area contributed by atoms with Gasteiger partial charge in [0, 0.05) is 10.8 Å². The second-order valence-corrected chi connectivity index (χ2v) is 5.29. The second-order valence-electron chi connectivity index (χ2n) is 5.29. The van der Waals surface area contributed by atoms with Gasteiger partial charge in [0.15, 0.2) is 23.3 Å². The summed E-state index contributed by atoms with van der Waals surface area (Å²) >= 11 is 0. The normalized spacial score (nSPS) is 11.5. The molecule has 0 aliphatic rings. The van der Waals surface area contributed by atoms with Crippen molar-refractivity contribution in [2.24, 2.45) is 0 Å². The van der Waals surface area contributed by atoms with E-state index in [0.29, 0.717) is 21.8 Å². The van der Waals surface area contributed by atoms with Gasteiger partial charge < -0.3 is 4.57 Å². The van der Waals surface area contributed by atoms with Crippen LogP contribution in [0.3, 0.4) is 0 Å². The van der Waals surface area contributed by atoms with E-state index in [2.05, 4.69) is 0 Å². The van der Waals surface area contributed by atoms with Crippen molar-refractivity contribution < 1.29 is 22.0 Å². The summed E-state index contributed by atoms with van der Waals surface area (Å²) in [6.45, 7) is 0. The molecule has 0 N–H and O–H groups in total. The predicted octanol–water partition coefficient (Wildman–Crippen LogP) is 5.48. The Balaban J connectivity index is 2.26. The Morgan fingerprint density at radius 3 is 1.33 bits per heavy atom. The average molecular weight is 333 g/mol. The first-order valence-corrected chi connectivity index (χ1v) is 7.02. The third-order valence-electron chi connectivity index (χ3n) is 3.99. The fourth-order valence-electron chi connectivity index (χ4n) is 2.95. The maximum atomic E-state index is 14.3. The zero-order valence-electron chi connectivity index (χ0n) is 12.0. The van der Waals surface area contributed by atoms with Crippen molar-refractivity contribution in [1.29, 1.82) is 0 Å². The first-order chi connectivity index (χ1) is 11.5. The Hall–Kier alpha value is -2.89. The van der Waals surface area contributed by atoms with E-state index in [0.717, 1.165) is 4.57 Å². The van der Waals surface area contributed by atoms with E-state index in [4.69, 9.17) is 0 Å². The lowest BCUT2D eigenvalue weighted by atomic mass is 10.2. The predicted molar refractivity (Wildman–Crippen MR) is 80.6 cm³/mol. The number of rotatable bonds is 1. The molecular weight excluding hydrogens is 325 g/mol. The third-order valence-corrected chi connectivity index (χ3v) is 3.99. The fraction of sp³-hybridized carbons (Fsp3) is 0. The second kappa shape index (κ2) is 5.06. The molecule has 0 aliphatic heterocycles. The van der Waals surface area contributed by atoms with Gasteiger partial charge in [-0.3, -0.25) is 0 Å². The van der Waals surface area contributed by atoms with Crippen molar-refractivity contribution in [3.05, 3.63) is 77.6 Å². The van der Waals surface area contributed by atoms with Crippen molar-refractivity contribution in [2.45, 2.75) is 0 Å². The third kappa shape index (κ3) is 1.79. The van der Waals surface area contributed by atoms with Crippen LogP contribution in [0.2, 0.25) is 0 Å². The van der Waals surface area contributed by atoms with Crippen LogP contribution in [0.1, 0.15) is 0 Å². The van der Waals surface area contributed by atoms with E-state index in [1.165, 1.54) is 0 Å². The molecule has 0 fully saturated rings. The lowest BCUT2D eigenvalue weighted by Gasteiger charge is -2.12. The standard InChI is InChI=1S/C18H8F5N/c19-13-14(20)16(22)18(17(23)15(13)21)24-11-7-3-1-5-9(11)10-6-2-4-8-12(10)24/h1-8H. The Labute approximate surface area is 132 Å². The van der Waals surface area contributed by atoms with E-state index in [-0.39, 0.29) is 0 Å². The Kier molecular flexibility index (Phi) is 3.09. The van der Waals surface area contributed by atoms with Gasteiger partial charge in [0.05, 0.1) is 11.0 Å². The van der Waals surface area contributed by atoms with E-state index in [9.17, 15) is 22.0 Å². The Morgan fingerprint density at radius 2 is 0.875 bits per heavy atom. The molecule has 0 unspecified atom stereocenters. The molecule has 1 aromatic heterocycles. The van der Waals surface area contributed by atoms with Gasteiger partial charge in [-0.05, 0) is 12.1 Å². The molecule has 0 radical (unpaired) electrons. The summed E-state index contributed by atoms with van der Waals surface area (Å²) < 4.78 is 70.2. The van der Waals surface area contributed by atoms with Crippen molar-refractivity contribution in [3.63, 3.8) is 0 Å². The molecule has 1 nitrogen and oxygen atoms in total. The lowest BCUT2D eigenvalue weighted by molar-refractivity contribution is 0.376. The minimum atomic E-state index is -2.17. The molecule has 4 rings (SSSR count). The van der Waals surface area contributed by atoms with Crippen LogP contribution in [0.4, 0.5) is 22.0 Å². The molecule has 0 amide bonds. The number of fused-ring (bicyclic) bond motifs is 3. The van der Waals surface area contributed by atoms with Crippen LogP contribution >= 0.6 is 0 Å². The molecule has 0 bridgehead atoms. The zero-order valence-corrected chi connectivity index (χ0v) is 12.0. The highest BCUT2D eigenvalue weighted by Gasteiger charge is 2.28. The van der Waals surface area contributed by atoms with Crippen LogP contribution < -0.4 is 0 Å². The first kappa shape index (κ1) is 14.7. The van der Waals surface area contributed by atoms with Crippen molar-refractivity contribution >= 4 is 21.8 Å². The molecule has 4 aromatic rings. The largest absolute Gasteiger partial charge is 0.304 e.